The molecular formula is C15H18N4O2. The third kappa shape index (κ3) is 3.47. The molecule has 0 aliphatic carbocycles. The van der Waals surface area contributed by atoms with Gasteiger partial charge >= 0.3 is 0 Å². The zero-order valence-electron chi connectivity index (χ0n) is 12.2. The van der Waals surface area contributed by atoms with E-state index in [9.17, 15) is 9.59 Å². The molecule has 1 aromatic heterocycles. The first-order valence-corrected chi connectivity index (χ1v) is 6.67. The number of benzene rings is 1. The third-order valence-electron chi connectivity index (χ3n) is 3.27. The standard InChI is InChI=1S/C15H18N4O2/c1-9-10(2)18-19-13(9)17-14(20)11(3)16-15(21)12-7-5-4-6-8-12/h4-8,11H,1-3H3,(H,16,21)(H2,17,18,19,20). The number of amides is 2. The summed E-state index contributed by atoms with van der Waals surface area (Å²) in [5.74, 6) is -0.111. The van der Waals surface area contributed by atoms with Crippen molar-refractivity contribution in [1.29, 1.82) is 0 Å². The number of nitrogens with zero attached hydrogens (tertiary/aromatic N) is 1. The van der Waals surface area contributed by atoms with Crippen molar-refractivity contribution in [3.63, 3.8) is 0 Å². The van der Waals surface area contributed by atoms with Gasteiger partial charge in [0, 0.05) is 16.8 Å². The number of aromatic nitrogens is 2. The van der Waals surface area contributed by atoms with Crippen molar-refractivity contribution in [1.82, 2.24) is 15.5 Å². The highest BCUT2D eigenvalue weighted by molar-refractivity contribution is 6.00. The highest BCUT2D eigenvalue weighted by Crippen LogP contribution is 2.13. The molecule has 2 amide bonds. The lowest BCUT2D eigenvalue weighted by atomic mass is 10.2. The summed E-state index contributed by atoms with van der Waals surface area (Å²) in [4.78, 5) is 24.0. The molecule has 1 aromatic carbocycles. The van der Waals surface area contributed by atoms with Crippen LogP contribution in [0, 0.1) is 13.8 Å². The third-order valence-corrected chi connectivity index (χ3v) is 3.27. The molecule has 0 saturated heterocycles. The fourth-order valence-corrected chi connectivity index (χ4v) is 1.77. The van der Waals surface area contributed by atoms with Crippen LogP contribution in [0.3, 0.4) is 0 Å². The van der Waals surface area contributed by atoms with Crippen molar-refractivity contribution in [2.24, 2.45) is 0 Å². The van der Waals surface area contributed by atoms with Crippen molar-refractivity contribution in [2.75, 3.05) is 5.32 Å². The summed E-state index contributed by atoms with van der Waals surface area (Å²) >= 11 is 0. The average Bonchev–Trinajstić information content (AvgIpc) is 2.80. The number of H-pyrrole nitrogens is 1. The van der Waals surface area contributed by atoms with Gasteiger partial charge in [0.1, 0.15) is 6.04 Å². The quantitative estimate of drug-likeness (QED) is 0.800. The monoisotopic (exact) mass is 286 g/mol. The second-order valence-electron chi connectivity index (χ2n) is 4.87. The van der Waals surface area contributed by atoms with Crippen LogP contribution in [0.15, 0.2) is 30.3 Å². The first-order valence-electron chi connectivity index (χ1n) is 6.67. The summed E-state index contributed by atoms with van der Waals surface area (Å²) in [7, 11) is 0. The van der Waals surface area contributed by atoms with E-state index < -0.39 is 6.04 Å². The molecule has 0 aliphatic heterocycles. The highest BCUT2D eigenvalue weighted by Gasteiger charge is 2.18. The molecule has 6 nitrogen and oxygen atoms in total. The van der Waals surface area contributed by atoms with Crippen LogP contribution in [0.1, 0.15) is 28.5 Å². The summed E-state index contributed by atoms with van der Waals surface area (Å²) in [6, 6.07) is 8.11. The summed E-state index contributed by atoms with van der Waals surface area (Å²) in [5, 5.41) is 12.1. The number of carbonyl (C=O) groups is 2. The van der Waals surface area contributed by atoms with Gasteiger partial charge in [0.05, 0.1) is 0 Å². The van der Waals surface area contributed by atoms with Gasteiger partial charge < -0.3 is 10.6 Å². The number of anilines is 1. The number of aryl methyl sites for hydroxylation is 1. The number of aromatic amines is 1. The van der Waals surface area contributed by atoms with Crippen LogP contribution < -0.4 is 10.6 Å². The fourth-order valence-electron chi connectivity index (χ4n) is 1.77. The SMILES string of the molecule is Cc1[nH]nc(NC(=O)C(C)NC(=O)c2ccccc2)c1C. The minimum Gasteiger partial charge on any atom is -0.341 e. The second-order valence-corrected chi connectivity index (χ2v) is 4.87. The van der Waals surface area contributed by atoms with Crippen LogP contribution in [-0.2, 0) is 4.79 Å². The molecule has 2 rings (SSSR count). The zero-order chi connectivity index (χ0) is 15.4. The normalized spacial score (nSPS) is 11.8. The molecule has 1 unspecified atom stereocenters. The first-order chi connectivity index (χ1) is 9.99. The molecule has 0 aliphatic rings. The maximum atomic E-state index is 12.1. The molecule has 0 fully saturated rings. The predicted octanol–water partition coefficient (Wildman–Crippen LogP) is 1.78. The molecule has 0 bridgehead atoms. The average molecular weight is 286 g/mol. The highest BCUT2D eigenvalue weighted by atomic mass is 16.2. The Morgan fingerprint density at radius 1 is 1.19 bits per heavy atom. The summed E-state index contributed by atoms with van der Waals surface area (Å²) in [5.41, 5.74) is 2.29. The van der Waals surface area contributed by atoms with E-state index in [1.165, 1.54) is 0 Å². The Morgan fingerprint density at radius 2 is 1.86 bits per heavy atom. The lowest BCUT2D eigenvalue weighted by molar-refractivity contribution is -0.117. The number of nitrogens with one attached hydrogen (secondary N) is 3. The summed E-state index contributed by atoms with van der Waals surface area (Å²) in [6.07, 6.45) is 0. The van der Waals surface area contributed by atoms with Crippen LogP contribution >= 0.6 is 0 Å². The van der Waals surface area contributed by atoms with E-state index in [1.54, 1.807) is 31.2 Å². The van der Waals surface area contributed by atoms with Gasteiger partial charge in [-0.05, 0) is 32.9 Å². The smallest absolute Gasteiger partial charge is 0.251 e. The van der Waals surface area contributed by atoms with E-state index in [0.29, 0.717) is 11.4 Å². The van der Waals surface area contributed by atoms with E-state index in [0.717, 1.165) is 11.3 Å². The van der Waals surface area contributed by atoms with Gasteiger partial charge in [0.15, 0.2) is 5.82 Å². The molecule has 110 valence electrons. The largest absolute Gasteiger partial charge is 0.341 e. The van der Waals surface area contributed by atoms with E-state index in [-0.39, 0.29) is 11.8 Å². The number of rotatable bonds is 4. The summed E-state index contributed by atoms with van der Waals surface area (Å²) in [6.45, 7) is 5.37. The second kappa shape index (κ2) is 6.21. The Hall–Kier alpha value is -2.63. The zero-order valence-corrected chi connectivity index (χ0v) is 12.2. The number of hydrogen-bond acceptors (Lipinski definition) is 3. The van der Waals surface area contributed by atoms with E-state index in [4.69, 9.17) is 0 Å². The Morgan fingerprint density at radius 3 is 2.43 bits per heavy atom. The van der Waals surface area contributed by atoms with Crippen molar-refractivity contribution in [3.05, 3.63) is 47.2 Å². The van der Waals surface area contributed by atoms with Gasteiger partial charge in [-0.25, -0.2) is 0 Å². The molecule has 1 heterocycles. The molecule has 0 spiro atoms. The van der Waals surface area contributed by atoms with Crippen molar-refractivity contribution >= 4 is 17.6 Å². The minimum absolute atomic E-state index is 0.284. The molecule has 0 saturated carbocycles. The topological polar surface area (TPSA) is 86.9 Å². The molecular weight excluding hydrogens is 268 g/mol. The molecule has 3 N–H and O–H groups in total. The molecule has 0 radical (unpaired) electrons. The van der Waals surface area contributed by atoms with Crippen LogP contribution in [0.4, 0.5) is 5.82 Å². The van der Waals surface area contributed by atoms with E-state index in [1.807, 2.05) is 19.9 Å². The van der Waals surface area contributed by atoms with Crippen molar-refractivity contribution < 1.29 is 9.59 Å². The maximum absolute atomic E-state index is 12.1. The lowest BCUT2D eigenvalue weighted by Crippen LogP contribution is -2.41. The Kier molecular flexibility index (Phi) is 4.37. The predicted molar refractivity (Wildman–Crippen MR) is 80.1 cm³/mol. The molecule has 2 aromatic rings. The lowest BCUT2D eigenvalue weighted by Gasteiger charge is -2.13. The molecule has 1 atom stereocenters. The maximum Gasteiger partial charge on any atom is 0.251 e. The van der Waals surface area contributed by atoms with Crippen LogP contribution in [0.2, 0.25) is 0 Å². The Labute approximate surface area is 122 Å². The van der Waals surface area contributed by atoms with Gasteiger partial charge in [-0.3, -0.25) is 14.7 Å². The fraction of sp³-hybridized carbons (Fsp3) is 0.267. The van der Waals surface area contributed by atoms with E-state index in [2.05, 4.69) is 20.8 Å². The summed E-state index contributed by atoms with van der Waals surface area (Å²) < 4.78 is 0. The number of hydrogen-bond donors (Lipinski definition) is 3. The molecule has 21 heavy (non-hydrogen) atoms. The van der Waals surface area contributed by atoms with E-state index >= 15 is 0 Å². The van der Waals surface area contributed by atoms with Gasteiger partial charge in [0.2, 0.25) is 5.91 Å². The minimum atomic E-state index is -0.658. The number of carbonyl (C=O) groups excluding carboxylic acids is 2. The van der Waals surface area contributed by atoms with Gasteiger partial charge in [0.25, 0.3) is 5.91 Å². The van der Waals surface area contributed by atoms with Crippen molar-refractivity contribution in [3.8, 4) is 0 Å². The van der Waals surface area contributed by atoms with Gasteiger partial charge in [-0.1, -0.05) is 18.2 Å². The van der Waals surface area contributed by atoms with Gasteiger partial charge in [-0.2, -0.15) is 5.10 Å². The molecule has 6 heteroatoms. The van der Waals surface area contributed by atoms with Crippen LogP contribution in [-0.4, -0.2) is 28.1 Å². The first kappa shape index (κ1) is 14.8. The van der Waals surface area contributed by atoms with Crippen molar-refractivity contribution in [2.45, 2.75) is 26.8 Å². The van der Waals surface area contributed by atoms with Crippen LogP contribution in [0.5, 0.6) is 0 Å². The Balaban J connectivity index is 1.97. The van der Waals surface area contributed by atoms with Gasteiger partial charge in [-0.15, -0.1) is 0 Å². The Bertz CT molecular complexity index is 649. The van der Waals surface area contributed by atoms with Crippen LogP contribution in [0.25, 0.3) is 0 Å².